The Bertz CT molecular complexity index is 585. The number of nitrogens with zero attached hydrogens (tertiary/aromatic N) is 2. The first-order chi connectivity index (χ1) is 9.65. The molecule has 0 saturated heterocycles. The van der Waals surface area contributed by atoms with Crippen molar-refractivity contribution in [1.82, 2.24) is 9.78 Å². The molecule has 0 spiro atoms. The second-order valence-electron chi connectivity index (χ2n) is 5.19. The average molecular weight is 270 g/mol. The third-order valence-corrected chi connectivity index (χ3v) is 3.68. The average Bonchev–Trinajstić information content (AvgIpc) is 2.75. The molecule has 0 saturated carbocycles. The van der Waals surface area contributed by atoms with E-state index in [9.17, 15) is 4.79 Å². The second-order valence-corrected chi connectivity index (χ2v) is 5.19. The van der Waals surface area contributed by atoms with Gasteiger partial charge in [0.25, 0.3) is 5.91 Å². The summed E-state index contributed by atoms with van der Waals surface area (Å²) in [6.07, 6.45) is 4.59. The summed E-state index contributed by atoms with van der Waals surface area (Å²) in [5, 5.41) is 4.43. The van der Waals surface area contributed by atoms with E-state index >= 15 is 0 Å². The summed E-state index contributed by atoms with van der Waals surface area (Å²) in [5.74, 6) is -0.0482. The van der Waals surface area contributed by atoms with Crippen LogP contribution in [-0.4, -0.2) is 15.7 Å². The summed E-state index contributed by atoms with van der Waals surface area (Å²) >= 11 is 0. The summed E-state index contributed by atoms with van der Waals surface area (Å²) in [6, 6.07) is 9.32. The van der Waals surface area contributed by atoms with Crippen LogP contribution in [-0.2, 0) is 6.42 Å². The Morgan fingerprint density at radius 3 is 2.50 bits per heavy atom. The van der Waals surface area contributed by atoms with Gasteiger partial charge in [-0.1, -0.05) is 38.0 Å². The zero-order valence-corrected chi connectivity index (χ0v) is 12.5. The van der Waals surface area contributed by atoms with Crippen molar-refractivity contribution in [3.63, 3.8) is 0 Å². The molecule has 2 rings (SSSR count). The lowest BCUT2D eigenvalue weighted by Crippen LogP contribution is -2.15. The lowest BCUT2D eigenvalue weighted by Gasteiger charge is -2.04. The highest BCUT2D eigenvalue weighted by molar-refractivity contribution is 5.95. The van der Waals surface area contributed by atoms with E-state index < -0.39 is 0 Å². The van der Waals surface area contributed by atoms with Gasteiger partial charge in [0.2, 0.25) is 0 Å². The molecule has 0 atom stereocenters. The van der Waals surface area contributed by atoms with E-state index in [-0.39, 0.29) is 5.91 Å². The zero-order chi connectivity index (χ0) is 14.5. The maximum Gasteiger partial charge on any atom is 0.278 e. The first kappa shape index (κ1) is 14.5. The van der Waals surface area contributed by atoms with Crippen LogP contribution in [0, 0.1) is 13.8 Å². The maximum atomic E-state index is 12.5. The van der Waals surface area contributed by atoms with Crippen molar-refractivity contribution in [3.05, 3.63) is 52.8 Å². The summed E-state index contributed by atoms with van der Waals surface area (Å²) in [4.78, 5) is 12.5. The molecule has 0 N–H and O–H groups in total. The number of rotatable bonds is 5. The van der Waals surface area contributed by atoms with E-state index in [2.05, 4.69) is 12.0 Å². The predicted molar refractivity (Wildman–Crippen MR) is 81.1 cm³/mol. The van der Waals surface area contributed by atoms with Crippen LogP contribution in [0.5, 0.6) is 0 Å². The molecule has 0 aliphatic rings. The SMILES string of the molecule is CCCCCc1c(C)nn(C(=O)c2ccccc2)c1C. The van der Waals surface area contributed by atoms with Gasteiger partial charge in [-0.25, -0.2) is 4.68 Å². The van der Waals surface area contributed by atoms with Crippen LogP contribution >= 0.6 is 0 Å². The summed E-state index contributed by atoms with van der Waals surface area (Å²) in [5.41, 5.74) is 3.86. The number of aromatic nitrogens is 2. The van der Waals surface area contributed by atoms with Gasteiger partial charge in [-0.3, -0.25) is 4.79 Å². The number of unbranched alkanes of at least 4 members (excludes halogenated alkanes) is 2. The van der Waals surface area contributed by atoms with Crippen LogP contribution < -0.4 is 0 Å². The van der Waals surface area contributed by atoms with Crippen molar-refractivity contribution in [2.75, 3.05) is 0 Å². The largest absolute Gasteiger partial charge is 0.278 e. The molecule has 3 nitrogen and oxygen atoms in total. The second kappa shape index (κ2) is 6.51. The molecule has 0 amide bonds. The van der Waals surface area contributed by atoms with Crippen molar-refractivity contribution < 1.29 is 4.79 Å². The highest BCUT2D eigenvalue weighted by Crippen LogP contribution is 2.17. The lowest BCUT2D eigenvalue weighted by atomic mass is 10.1. The molecule has 2 aromatic rings. The molecule has 3 heteroatoms. The van der Waals surface area contributed by atoms with Crippen molar-refractivity contribution in [3.8, 4) is 0 Å². The van der Waals surface area contributed by atoms with E-state index in [0.717, 1.165) is 24.2 Å². The van der Waals surface area contributed by atoms with Crippen LogP contribution in [0.25, 0.3) is 0 Å². The molecule has 0 fully saturated rings. The van der Waals surface area contributed by atoms with E-state index in [4.69, 9.17) is 0 Å². The van der Waals surface area contributed by atoms with E-state index in [1.807, 2.05) is 44.2 Å². The minimum atomic E-state index is -0.0482. The normalized spacial score (nSPS) is 10.8. The number of carbonyl (C=O) groups is 1. The molecular formula is C17H22N2O. The first-order valence-electron chi connectivity index (χ1n) is 7.30. The Morgan fingerprint density at radius 1 is 1.15 bits per heavy atom. The van der Waals surface area contributed by atoms with Crippen LogP contribution in [0.3, 0.4) is 0 Å². The van der Waals surface area contributed by atoms with Gasteiger partial charge in [0, 0.05) is 11.3 Å². The fraction of sp³-hybridized carbons (Fsp3) is 0.412. The van der Waals surface area contributed by atoms with Gasteiger partial charge in [-0.05, 0) is 44.4 Å². The van der Waals surface area contributed by atoms with Crippen molar-refractivity contribution in [2.45, 2.75) is 46.5 Å². The van der Waals surface area contributed by atoms with Crippen LogP contribution in [0.2, 0.25) is 0 Å². The number of aryl methyl sites for hydroxylation is 1. The monoisotopic (exact) mass is 270 g/mol. The van der Waals surface area contributed by atoms with Gasteiger partial charge in [-0.2, -0.15) is 5.10 Å². The minimum Gasteiger partial charge on any atom is -0.267 e. The number of hydrogen-bond donors (Lipinski definition) is 0. The van der Waals surface area contributed by atoms with E-state index in [0.29, 0.717) is 5.56 Å². The highest BCUT2D eigenvalue weighted by atomic mass is 16.2. The zero-order valence-electron chi connectivity index (χ0n) is 12.5. The van der Waals surface area contributed by atoms with Crippen molar-refractivity contribution in [1.29, 1.82) is 0 Å². The fourth-order valence-electron chi connectivity index (χ4n) is 2.49. The Morgan fingerprint density at radius 2 is 1.85 bits per heavy atom. The first-order valence-corrected chi connectivity index (χ1v) is 7.30. The predicted octanol–water partition coefficient (Wildman–Crippen LogP) is 3.92. The van der Waals surface area contributed by atoms with Crippen LogP contribution in [0.15, 0.2) is 30.3 Å². The molecule has 1 heterocycles. The van der Waals surface area contributed by atoms with Gasteiger partial charge in [0.15, 0.2) is 0 Å². The number of carbonyl (C=O) groups excluding carboxylic acids is 1. The third-order valence-electron chi connectivity index (χ3n) is 3.68. The van der Waals surface area contributed by atoms with E-state index in [1.165, 1.54) is 18.4 Å². The Labute approximate surface area is 120 Å². The molecule has 1 aromatic carbocycles. The molecule has 20 heavy (non-hydrogen) atoms. The maximum absolute atomic E-state index is 12.5. The number of hydrogen-bond acceptors (Lipinski definition) is 2. The Hall–Kier alpha value is -1.90. The van der Waals surface area contributed by atoms with Crippen LogP contribution in [0.1, 0.15) is 53.5 Å². The molecular weight excluding hydrogens is 248 g/mol. The van der Waals surface area contributed by atoms with Gasteiger partial charge in [-0.15, -0.1) is 0 Å². The fourth-order valence-corrected chi connectivity index (χ4v) is 2.49. The van der Waals surface area contributed by atoms with Crippen LogP contribution in [0.4, 0.5) is 0 Å². The van der Waals surface area contributed by atoms with Crippen molar-refractivity contribution in [2.24, 2.45) is 0 Å². The quantitative estimate of drug-likeness (QED) is 0.772. The topological polar surface area (TPSA) is 34.9 Å². The molecule has 106 valence electrons. The molecule has 0 aliphatic heterocycles. The lowest BCUT2D eigenvalue weighted by molar-refractivity contribution is 0.0942. The van der Waals surface area contributed by atoms with Gasteiger partial charge in [0.1, 0.15) is 0 Å². The molecule has 0 aliphatic carbocycles. The summed E-state index contributed by atoms with van der Waals surface area (Å²) < 4.78 is 1.55. The molecule has 0 bridgehead atoms. The summed E-state index contributed by atoms with van der Waals surface area (Å²) in [7, 11) is 0. The third kappa shape index (κ3) is 2.98. The standard InChI is InChI=1S/C17H22N2O/c1-4-5-7-12-16-13(2)18-19(14(16)3)17(20)15-10-8-6-9-11-15/h6,8-11H,4-5,7,12H2,1-3H3. The highest BCUT2D eigenvalue weighted by Gasteiger charge is 2.17. The van der Waals surface area contributed by atoms with Gasteiger partial charge in [0.05, 0.1) is 5.69 Å². The van der Waals surface area contributed by atoms with Gasteiger partial charge >= 0.3 is 0 Å². The Kier molecular flexibility index (Phi) is 4.72. The smallest absolute Gasteiger partial charge is 0.267 e. The Balaban J connectivity index is 2.25. The molecule has 0 radical (unpaired) electrons. The number of benzene rings is 1. The minimum absolute atomic E-state index is 0.0482. The molecule has 0 unspecified atom stereocenters. The summed E-state index contributed by atoms with van der Waals surface area (Å²) in [6.45, 7) is 6.17. The van der Waals surface area contributed by atoms with Crippen molar-refractivity contribution >= 4 is 5.91 Å². The van der Waals surface area contributed by atoms with E-state index in [1.54, 1.807) is 4.68 Å². The molecule has 1 aromatic heterocycles. The van der Waals surface area contributed by atoms with Gasteiger partial charge < -0.3 is 0 Å².